The molecule has 2 rings (SSSR count). The smallest absolute Gasteiger partial charge is 0.0591 e. The summed E-state index contributed by atoms with van der Waals surface area (Å²) in [6.07, 6.45) is 1.31. The fourth-order valence-electron chi connectivity index (χ4n) is 1.03. The van der Waals surface area contributed by atoms with Crippen molar-refractivity contribution in [1.82, 2.24) is 5.32 Å². The van der Waals surface area contributed by atoms with E-state index in [-0.39, 0.29) is 0 Å². The van der Waals surface area contributed by atoms with Crippen LogP contribution in [0.3, 0.4) is 0 Å². The van der Waals surface area contributed by atoms with Gasteiger partial charge in [-0.1, -0.05) is 18.2 Å². The molecule has 1 nitrogen and oxygen atoms in total. The first-order valence-electron chi connectivity index (χ1n) is 3.90. The van der Waals surface area contributed by atoms with Crippen LogP contribution in [-0.4, -0.2) is 11.9 Å². The highest BCUT2D eigenvalue weighted by Crippen LogP contribution is 2.26. The summed E-state index contributed by atoms with van der Waals surface area (Å²) in [7, 11) is 0. The lowest BCUT2D eigenvalue weighted by Crippen LogP contribution is -2.39. The number of benzene rings is 1. The molecule has 1 aromatic carbocycles. The van der Waals surface area contributed by atoms with Crippen LogP contribution in [0.5, 0.6) is 0 Å². The first kappa shape index (κ1) is 7.19. The minimum atomic E-state index is 0.664. The predicted octanol–water partition coefficient (Wildman–Crippen LogP) is 2.10. The van der Waals surface area contributed by atoms with Crippen LogP contribution in [0, 0.1) is 0 Å². The number of rotatable bonds is 2. The van der Waals surface area contributed by atoms with Crippen LogP contribution in [0.2, 0.25) is 0 Å². The van der Waals surface area contributed by atoms with Crippen molar-refractivity contribution in [1.29, 1.82) is 0 Å². The highest BCUT2D eigenvalue weighted by Gasteiger charge is 2.16. The Morgan fingerprint density at radius 2 is 2.00 bits per heavy atom. The van der Waals surface area contributed by atoms with Crippen LogP contribution in [-0.2, 0) is 0 Å². The minimum Gasteiger partial charge on any atom is -0.305 e. The van der Waals surface area contributed by atoms with E-state index in [1.807, 2.05) is 11.8 Å². The third-order valence-corrected chi connectivity index (χ3v) is 3.03. The van der Waals surface area contributed by atoms with Gasteiger partial charge in [0.1, 0.15) is 0 Å². The van der Waals surface area contributed by atoms with Gasteiger partial charge in [0.05, 0.1) is 5.37 Å². The third-order valence-electron chi connectivity index (χ3n) is 1.80. The Kier molecular flexibility index (Phi) is 2.15. The molecule has 0 aromatic heterocycles. The third kappa shape index (κ3) is 1.76. The Hall–Kier alpha value is -0.470. The van der Waals surface area contributed by atoms with Crippen molar-refractivity contribution >= 4 is 11.8 Å². The van der Waals surface area contributed by atoms with Gasteiger partial charge in [0, 0.05) is 4.90 Å². The largest absolute Gasteiger partial charge is 0.305 e. The maximum Gasteiger partial charge on any atom is 0.0591 e. The molecule has 1 aromatic rings. The van der Waals surface area contributed by atoms with Crippen molar-refractivity contribution < 1.29 is 0 Å². The SMILES string of the molecule is c1ccc(SC2CCN2)cc1. The molecule has 11 heavy (non-hydrogen) atoms. The molecule has 0 saturated carbocycles. The summed E-state index contributed by atoms with van der Waals surface area (Å²) < 4.78 is 0. The number of hydrogen-bond acceptors (Lipinski definition) is 2. The standard InChI is InChI=1S/C9H11NS/c1-2-4-8(5-3-1)11-9-6-7-10-9/h1-5,9-10H,6-7H2. The second-order valence-electron chi connectivity index (χ2n) is 2.66. The molecule has 0 bridgehead atoms. The molecule has 2 heteroatoms. The summed E-state index contributed by atoms with van der Waals surface area (Å²) in [5, 5.41) is 4.02. The molecule has 0 radical (unpaired) electrons. The fraction of sp³-hybridized carbons (Fsp3) is 0.333. The maximum atomic E-state index is 3.36. The van der Waals surface area contributed by atoms with Crippen LogP contribution in [0.1, 0.15) is 6.42 Å². The monoisotopic (exact) mass is 165 g/mol. The zero-order valence-electron chi connectivity index (χ0n) is 6.29. The summed E-state index contributed by atoms with van der Waals surface area (Å²) in [4.78, 5) is 1.37. The minimum absolute atomic E-state index is 0.664. The summed E-state index contributed by atoms with van der Waals surface area (Å²) >= 11 is 1.92. The quantitative estimate of drug-likeness (QED) is 0.720. The van der Waals surface area contributed by atoms with Crippen LogP contribution < -0.4 is 5.32 Å². The molecular formula is C9H11NS. The van der Waals surface area contributed by atoms with Gasteiger partial charge in [0.15, 0.2) is 0 Å². The molecule has 58 valence electrons. The van der Waals surface area contributed by atoms with Crippen molar-refractivity contribution in [2.45, 2.75) is 16.7 Å². The van der Waals surface area contributed by atoms with Crippen LogP contribution in [0.15, 0.2) is 35.2 Å². The Balaban J connectivity index is 1.95. The number of nitrogens with one attached hydrogen (secondary N) is 1. The van der Waals surface area contributed by atoms with E-state index in [1.54, 1.807) is 0 Å². The Morgan fingerprint density at radius 1 is 1.27 bits per heavy atom. The van der Waals surface area contributed by atoms with E-state index in [1.165, 1.54) is 17.9 Å². The van der Waals surface area contributed by atoms with Crippen molar-refractivity contribution in [2.24, 2.45) is 0 Å². The van der Waals surface area contributed by atoms with E-state index >= 15 is 0 Å². The Labute approximate surface area is 71.2 Å². The molecule has 1 saturated heterocycles. The van der Waals surface area contributed by atoms with Gasteiger partial charge < -0.3 is 5.32 Å². The molecule has 1 unspecified atom stereocenters. The molecular weight excluding hydrogens is 154 g/mol. The van der Waals surface area contributed by atoms with Gasteiger partial charge in [-0.2, -0.15) is 0 Å². The average Bonchev–Trinajstić information content (AvgIpc) is 1.99. The highest BCUT2D eigenvalue weighted by molar-refractivity contribution is 8.00. The highest BCUT2D eigenvalue weighted by atomic mass is 32.2. The molecule has 0 aliphatic carbocycles. The first-order valence-corrected chi connectivity index (χ1v) is 4.78. The van der Waals surface area contributed by atoms with Crippen molar-refractivity contribution in [3.8, 4) is 0 Å². The van der Waals surface area contributed by atoms with Gasteiger partial charge >= 0.3 is 0 Å². The maximum absolute atomic E-state index is 3.36. The van der Waals surface area contributed by atoms with Gasteiger partial charge in [-0.3, -0.25) is 0 Å². The van der Waals surface area contributed by atoms with Gasteiger partial charge in [0.25, 0.3) is 0 Å². The van der Waals surface area contributed by atoms with Gasteiger partial charge in [-0.05, 0) is 25.1 Å². The topological polar surface area (TPSA) is 12.0 Å². The fourth-order valence-corrected chi connectivity index (χ4v) is 2.11. The molecule has 1 atom stereocenters. The van der Waals surface area contributed by atoms with E-state index in [2.05, 4.69) is 35.6 Å². The summed E-state index contributed by atoms with van der Waals surface area (Å²) in [6, 6.07) is 10.5. The molecule has 1 aliphatic rings. The van der Waals surface area contributed by atoms with E-state index in [9.17, 15) is 0 Å². The van der Waals surface area contributed by atoms with Gasteiger partial charge in [-0.25, -0.2) is 0 Å². The summed E-state index contributed by atoms with van der Waals surface area (Å²) in [5.74, 6) is 0. The van der Waals surface area contributed by atoms with E-state index in [4.69, 9.17) is 0 Å². The van der Waals surface area contributed by atoms with Crippen LogP contribution >= 0.6 is 11.8 Å². The van der Waals surface area contributed by atoms with E-state index < -0.39 is 0 Å². The first-order chi connectivity index (χ1) is 5.45. The Morgan fingerprint density at radius 3 is 2.55 bits per heavy atom. The lowest BCUT2D eigenvalue weighted by molar-refractivity contribution is 0.486. The average molecular weight is 165 g/mol. The lowest BCUT2D eigenvalue weighted by Gasteiger charge is -2.26. The number of thioether (sulfide) groups is 1. The van der Waals surface area contributed by atoms with Crippen LogP contribution in [0.25, 0.3) is 0 Å². The van der Waals surface area contributed by atoms with E-state index in [0.29, 0.717) is 5.37 Å². The van der Waals surface area contributed by atoms with Crippen LogP contribution in [0.4, 0.5) is 0 Å². The summed E-state index contributed by atoms with van der Waals surface area (Å²) in [6.45, 7) is 1.19. The van der Waals surface area contributed by atoms with Gasteiger partial charge in [0.2, 0.25) is 0 Å². The van der Waals surface area contributed by atoms with Crippen molar-refractivity contribution in [3.05, 3.63) is 30.3 Å². The molecule has 1 N–H and O–H groups in total. The zero-order chi connectivity index (χ0) is 7.52. The molecule has 1 heterocycles. The molecule has 0 spiro atoms. The Bertz CT molecular complexity index is 218. The summed E-state index contributed by atoms with van der Waals surface area (Å²) in [5.41, 5.74) is 0. The van der Waals surface area contributed by atoms with Gasteiger partial charge in [-0.15, -0.1) is 11.8 Å². The normalized spacial score (nSPS) is 22.7. The van der Waals surface area contributed by atoms with E-state index in [0.717, 1.165) is 0 Å². The predicted molar refractivity (Wildman–Crippen MR) is 48.7 cm³/mol. The lowest BCUT2D eigenvalue weighted by atomic mass is 10.3. The molecule has 1 aliphatic heterocycles. The molecule has 1 fully saturated rings. The number of hydrogen-bond donors (Lipinski definition) is 1. The zero-order valence-corrected chi connectivity index (χ0v) is 7.10. The second-order valence-corrected chi connectivity index (χ2v) is 3.94. The molecule has 0 amide bonds. The second kappa shape index (κ2) is 3.28. The van der Waals surface area contributed by atoms with Crippen molar-refractivity contribution in [2.75, 3.05) is 6.54 Å². The van der Waals surface area contributed by atoms with Crippen molar-refractivity contribution in [3.63, 3.8) is 0 Å².